The van der Waals surface area contributed by atoms with E-state index in [-0.39, 0.29) is 5.75 Å². The monoisotopic (exact) mass is 367 g/mol. The standard InChI is InChI=1S/C20H25N5O2/c1-4-13(2)25-14(3)21-18-17(15-6-5-7-16(26)12-15)22-20(23-19(18)25)24-8-10-27-11-9-24/h5-7,12-13,26H,4,8-11H2,1-3H3. The number of rotatable bonds is 4. The van der Waals surface area contributed by atoms with Gasteiger partial charge in [0.05, 0.1) is 13.2 Å². The Kier molecular flexibility index (Phi) is 4.70. The van der Waals surface area contributed by atoms with Gasteiger partial charge in [-0.15, -0.1) is 0 Å². The number of morpholine rings is 1. The minimum atomic E-state index is 0.213. The highest BCUT2D eigenvalue weighted by Crippen LogP contribution is 2.32. The van der Waals surface area contributed by atoms with Crippen molar-refractivity contribution in [3.05, 3.63) is 30.1 Å². The van der Waals surface area contributed by atoms with Gasteiger partial charge in [0.15, 0.2) is 5.65 Å². The Balaban J connectivity index is 1.96. The Labute approximate surface area is 158 Å². The first-order chi connectivity index (χ1) is 13.1. The summed E-state index contributed by atoms with van der Waals surface area (Å²) in [6, 6.07) is 7.45. The summed E-state index contributed by atoms with van der Waals surface area (Å²) >= 11 is 0. The van der Waals surface area contributed by atoms with Crippen LogP contribution in [0.1, 0.15) is 32.1 Å². The first-order valence-electron chi connectivity index (χ1n) is 9.47. The molecule has 0 amide bonds. The predicted octanol–water partition coefficient (Wildman–Crippen LogP) is 3.31. The summed E-state index contributed by atoms with van der Waals surface area (Å²) in [5, 5.41) is 9.95. The van der Waals surface area contributed by atoms with E-state index in [1.54, 1.807) is 12.1 Å². The van der Waals surface area contributed by atoms with Gasteiger partial charge in [-0.3, -0.25) is 0 Å². The molecule has 27 heavy (non-hydrogen) atoms. The minimum absolute atomic E-state index is 0.213. The Bertz CT molecular complexity index is 962. The summed E-state index contributed by atoms with van der Waals surface area (Å²) in [6.07, 6.45) is 0.991. The summed E-state index contributed by atoms with van der Waals surface area (Å²) in [7, 11) is 0. The van der Waals surface area contributed by atoms with Crippen LogP contribution in [0.2, 0.25) is 0 Å². The number of phenols is 1. The first kappa shape index (κ1) is 17.7. The highest BCUT2D eigenvalue weighted by atomic mass is 16.5. The van der Waals surface area contributed by atoms with E-state index in [1.807, 2.05) is 19.1 Å². The lowest BCUT2D eigenvalue weighted by molar-refractivity contribution is 0.122. The molecule has 1 aliphatic rings. The van der Waals surface area contributed by atoms with Gasteiger partial charge < -0.3 is 19.3 Å². The summed E-state index contributed by atoms with van der Waals surface area (Å²) in [5.41, 5.74) is 3.21. The third kappa shape index (κ3) is 3.23. The molecular formula is C20H25N5O2. The van der Waals surface area contributed by atoms with E-state index in [0.717, 1.165) is 47.8 Å². The number of imidazole rings is 1. The van der Waals surface area contributed by atoms with Crippen LogP contribution in [0.4, 0.5) is 5.95 Å². The van der Waals surface area contributed by atoms with Gasteiger partial charge in [0.2, 0.25) is 5.95 Å². The minimum Gasteiger partial charge on any atom is -0.508 e. The van der Waals surface area contributed by atoms with Crippen molar-refractivity contribution < 1.29 is 9.84 Å². The molecule has 1 atom stereocenters. The van der Waals surface area contributed by atoms with Crippen LogP contribution in [-0.4, -0.2) is 50.9 Å². The van der Waals surface area contributed by atoms with Gasteiger partial charge >= 0.3 is 0 Å². The number of fused-ring (bicyclic) bond motifs is 1. The summed E-state index contributed by atoms with van der Waals surface area (Å²) < 4.78 is 7.66. The Morgan fingerprint density at radius 1 is 1.19 bits per heavy atom. The molecule has 7 nitrogen and oxygen atoms in total. The number of hydrogen-bond donors (Lipinski definition) is 1. The molecule has 0 saturated carbocycles. The van der Waals surface area contributed by atoms with Crippen LogP contribution in [0.5, 0.6) is 5.75 Å². The van der Waals surface area contributed by atoms with Crippen molar-refractivity contribution in [3.8, 4) is 17.0 Å². The molecule has 1 unspecified atom stereocenters. The maximum absolute atomic E-state index is 9.95. The number of aromatic nitrogens is 4. The highest BCUT2D eigenvalue weighted by molar-refractivity contribution is 5.89. The molecule has 2 aromatic heterocycles. The summed E-state index contributed by atoms with van der Waals surface area (Å²) in [4.78, 5) is 16.7. The molecule has 3 aromatic rings. The van der Waals surface area contributed by atoms with Crippen molar-refractivity contribution in [2.45, 2.75) is 33.2 Å². The van der Waals surface area contributed by atoms with Gasteiger partial charge in [-0.25, -0.2) is 9.97 Å². The second kappa shape index (κ2) is 7.15. The van der Waals surface area contributed by atoms with E-state index in [0.29, 0.717) is 25.2 Å². The Hall–Kier alpha value is -2.67. The second-order valence-corrected chi connectivity index (χ2v) is 6.98. The molecule has 1 aliphatic heterocycles. The molecule has 7 heteroatoms. The number of aryl methyl sites for hydroxylation is 1. The smallest absolute Gasteiger partial charge is 0.228 e. The number of ether oxygens (including phenoxy) is 1. The molecule has 1 aromatic carbocycles. The number of phenolic OH excluding ortho intramolecular Hbond substituents is 1. The number of hydrogen-bond acceptors (Lipinski definition) is 6. The van der Waals surface area contributed by atoms with Crippen LogP contribution >= 0.6 is 0 Å². The maximum atomic E-state index is 9.95. The molecule has 4 rings (SSSR count). The van der Waals surface area contributed by atoms with Gasteiger partial charge in [0.1, 0.15) is 22.8 Å². The third-order valence-electron chi connectivity index (χ3n) is 5.15. The van der Waals surface area contributed by atoms with E-state index in [2.05, 4.69) is 23.3 Å². The van der Waals surface area contributed by atoms with E-state index in [4.69, 9.17) is 19.7 Å². The van der Waals surface area contributed by atoms with Gasteiger partial charge in [-0.05, 0) is 32.4 Å². The second-order valence-electron chi connectivity index (χ2n) is 6.98. The maximum Gasteiger partial charge on any atom is 0.228 e. The molecule has 0 spiro atoms. The molecule has 1 fully saturated rings. The largest absolute Gasteiger partial charge is 0.508 e. The fourth-order valence-corrected chi connectivity index (χ4v) is 3.54. The van der Waals surface area contributed by atoms with E-state index < -0.39 is 0 Å². The molecule has 3 heterocycles. The molecule has 1 saturated heterocycles. The number of nitrogens with zero attached hydrogens (tertiary/aromatic N) is 5. The van der Waals surface area contributed by atoms with Crippen molar-refractivity contribution in [2.24, 2.45) is 0 Å². The molecule has 0 radical (unpaired) electrons. The fourth-order valence-electron chi connectivity index (χ4n) is 3.54. The predicted molar refractivity (Wildman–Crippen MR) is 105 cm³/mol. The zero-order valence-corrected chi connectivity index (χ0v) is 16.0. The van der Waals surface area contributed by atoms with E-state index in [9.17, 15) is 5.11 Å². The molecule has 0 bridgehead atoms. The van der Waals surface area contributed by atoms with Crippen LogP contribution < -0.4 is 4.90 Å². The third-order valence-corrected chi connectivity index (χ3v) is 5.15. The first-order valence-corrected chi connectivity index (χ1v) is 9.47. The zero-order chi connectivity index (χ0) is 19.0. The van der Waals surface area contributed by atoms with Gasteiger partial charge in [-0.1, -0.05) is 19.1 Å². The SMILES string of the molecule is CCC(C)n1c(C)nc2c(-c3cccc(O)c3)nc(N3CCOCC3)nc21. The van der Waals surface area contributed by atoms with Crippen LogP contribution in [0.3, 0.4) is 0 Å². The highest BCUT2D eigenvalue weighted by Gasteiger charge is 2.22. The lowest BCUT2D eigenvalue weighted by Gasteiger charge is -2.27. The number of anilines is 1. The molecule has 0 aliphatic carbocycles. The van der Waals surface area contributed by atoms with Crippen molar-refractivity contribution in [1.29, 1.82) is 0 Å². The summed E-state index contributed by atoms with van der Waals surface area (Å²) in [6.45, 7) is 9.23. The Morgan fingerprint density at radius 3 is 2.67 bits per heavy atom. The molecule has 142 valence electrons. The van der Waals surface area contributed by atoms with Crippen LogP contribution in [0, 0.1) is 6.92 Å². The van der Waals surface area contributed by atoms with Crippen LogP contribution in [0.15, 0.2) is 24.3 Å². The van der Waals surface area contributed by atoms with Crippen LogP contribution in [-0.2, 0) is 4.74 Å². The molecular weight excluding hydrogens is 342 g/mol. The summed E-state index contributed by atoms with van der Waals surface area (Å²) in [5.74, 6) is 1.83. The lowest BCUT2D eigenvalue weighted by Crippen LogP contribution is -2.37. The van der Waals surface area contributed by atoms with E-state index in [1.165, 1.54) is 0 Å². The van der Waals surface area contributed by atoms with Gasteiger partial charge in [0.25, 0.3) is 0 Å². The zero-order valence-electron chi connectivity index (χ0n) is 16.0. The van der Waals surface area contributed by atoms with Crippen LogP contribution in [0.25, 0.3) is 22.4 Å². The quantitative estimate of drug-likeness (QED) is 0.762. The van der Waals surface area contributed by atoms with Crippen molar-refractivity contribution in [2.75, 3.05) is 31.2 Å². The van der Waals surface area contributed by atoms with Gasteiger partial charge in [0, 0.05) is 24.7 Å². The van der Waals surface area contributed by atoms with Gasteiger partial charge in [-0.2, -0.15) is 4.98 Å². The average Bonchev–Trinajstić information content (AvgIpc) is 3.03. The van der Waals surface area contributed by atoms with Crippen molar-refractivity contribution in [1.82, 2.24) is 19.5 Å². The van der Waals surface area contributed by atoms with Crippen molar-refractivity contribution in [3.63, 3.8) is 0 Å². The number of benzene rings is 1. The normalized spacial score (nSPS) is 16.0. The lowest BCUT2D eigenvalue weighted by atomic mass is 10.1. The van der Waals surface area contributed by atoms with E-state index >= 15 is 0 Å². The van der Waals surface area contributed by atoms with Crippen molar-refractivity contribution >= 4 is 17.1 Å². The number of aromatic hydroxyl groups is 1. The Morgan fingerprint density at radius 2 is 1.96 bits per heavy atom. The molecule has 1 N–H and O–H groups in total. The fraction of sp³-hybridized carbons (Fsp3) is 0.450. The average molecular weight is 367 g/mol. The topological polar surface area (TPSA) is 76.3 Å².